The molecule has 1 aliphatic carbocycles. The molecular formula is C29H37N3O2. The van der Waals surface area contributed by atoms with Crippen molar-refractivity contribution < 1.29 is 9.53 Å². The van der Waals surface area contributed by atoms with E-state index in [9.17, 15) is 4.79 Å². The van der Waals surface area contributed by atoms with E-state index in [1.54, 1.807) is 0 Å². The molecule has 2 saturated heterocycles. The van der Waals surface area contributed by atoms with Gasteiger partial charge in [0.15, 0.2) is 0 Å². The number of nitrogens with one attached hydrogen (secondary N) is 1. The van der Waals surface area contributed by atoms with Gasteiger partial charge in [0.05, 0.1) is 19.8 Å². The Balaban J connectivity index is 1.11. The van der Waals surface area contributed by atoms with Crippen LogP contribution < -0.4 is 5.32 Å². The van der Waals surface area contributed by atoms with Crippen LogP contribution in [0.4, 0.5) is 5.69 Å². The van der Waals surface area contributed by atoms with Crippen molar-refractivity contribution in [3.8, 4) is 0 Å². The van der Waals surface area contributed by atoms with Crippen LogP contribution in [0.5, 0.6) is 0 Å². The van der Waals surface area contributed by atoms with Crippen molar-refractivity contribution in [1.29, 1.82) is 0 Å². The number of hydrogen-bond donors (Lipinski definition) is 1. The molecule has 0 unspecified atom stereocenters. The predicted octanol–water partition coefficient (Wildman–Crippen LogP) is 4.47. The lowest BCUT2D eigenvalue weighted by atomic mass is 9.89. The number of carbonyl (C=O) groups excluding carboxylic acids is 1. The number of ether oxygens (including phenoxy) is 1. The summed E-state index contributed by atoms with van der Waals surface area (Å²) in [5.41, 5.74) is 7.80. The number of amides is 1. The minimum absolute atomic E-state index is 0.0908. The minimum Gasteiger partial charge on any atom is -0.379 e. The second kappa shape index (κ2) is 10.9. The van der Waals surface area contributed by atoms with Gasteiger partial charge in [0, 0.05) is 25.3 Å². The van der Waals surface area contributed by atoms with Crippen LogP contribution in [0.2, 0.25) is 0 Å². The Hall–Kier alpha value is -2.47. The molecule has 0 atom stereocenters. The number of piperidine rings is 1. The molecule has 2 aliphatic heterocycles. The molecule has 0 bridgehead atoms. The lowest BCUT2D eigenvalue weighted by molar-refractivity contribution is -0.117. The molecule has 5 heteroatoms. The number of anilines is 1. The van der Waals surface area contributed by atoms with Gasteiger partial charge in [-0.1, -0.05) is 47.5 Å². The van der Waals surface area contributed by atoms with Gasteiger partial charge in [-0.15, -0.1) is 0 Å². The molecule has 34 heavy (non-hydrogen) atoms. The van der Waals surface area contributed by atoms with Crippen LogP contribution >= 0.6 is 0 Å². The zero-order valence-corrected chi connectivity index (χ0v) is 20.4. The molecule has 2 fully saturated rings. The molecule has 2 aromatic rings. The number of likely N-dealkylation sites (tertiary alicyclic amines) is 1. The Morgan fingerprint density at radius 1 is 0.971 bits per heavy atom. The molecule has 0 saturated carbocycles. The maximum atomic E-state index is 12.7. The molecule has 5 nitrogen and oxygen atoms in total. The van der Waals surface area contributed by atoms with E-state index in [0.29, 0.717) is 12.5 Å². The highest BCUT2D eigenvalue weighted by Gasteiger charge is 2.22. The lowest BCUT2D eigenvalue weighted by Gasteiger charge is -2.31. The summed E-state index contributed by atoms with van der Waals surface area (Å²) in [5, 5.41) is 3.14. The van der Waals surface area contributed by atoms with E-state index >= 15 is 0 Å². The number of morpholine rings is 1. The summed E-state index contributed by atoms with van der Waals surface area (Å²) in [4.78, 5) is 17.5. The largest absolute Gasteiger partial charge is 0.379 e. The van der Waals surface area contributed by atoms with Crippen LogP contribution in [0.25, 0.3) is 6.08 Å². The molecule has 5 rings (SSSR count). The third kappa shape index (κ3) is 5.96. The first-order chi connectivity index (χ1) is 16.6. The van der Waals surface area contributed by atoms with Gasteiger partial charge in [-0.2, -0.15) is 0 Å². The second-order valence-electron chi connectivity index (χ2n) is 10.1. The summed E-state index contributed by atoms with van der Waals surface area (Å²) in [5.74, 6) is 0.704. The van der Waals surface area contributed by atoms with E-state index in [1.165, 1.54) is 27.8 Å². The first kappa shape index (κ1) is 23.3. The first-order valence-corrected chi connectivity index (χ1v) is 12.8. The summed E-state index contributed by atoms with van der Waals surface area (Å²) in [7, 11) is 0. The van der Waals surface area contributed by atoms with Crippen LogP contribution in [0.1, 0.15) is 47.4 Å². The van der Waals surface area contributed by atoms with Gasteiger partial charge >= 0.3 is 0 Å². The van der Waals surface area contributed by atoms with Gasteiger partial charge < -0.3 is 10.1 Å². The van der Waals surface area contributed by atoms with Crippen LogP contribution in [-0.4, -0.2) is 68.2 Å². The van der Waals surface area contributed by atoms with E-state index in [1.807, 2.05) is 0 Å². The van der Waals surface area contributed by atoms with E-state index in [-0.39, 0.29) is 5.91 Å². The van der Waals surface area contributed by atoms with Gasteiger partial charge in [-0.3, -0.25) is 14.6 Å². The molecule has 2 aromatic carbocycles. The average molecular weight is 460 g/mol. The third-order valence-electron chi connectivity index (χ3n) is 7.54. The van der Waals surface area contributed by atoms with E-state index < -0.39 is 0 Å². The zero-order valence-electron chi connectivity index (χ0n) is 20.4. The Bertz CT molecular complexity index is 1020. The van der Waals surface area contributed by atoms with Crippen molar-refractivity contribution in [3.63, 3.8) is 0 Å². The summed E-state index contributed by atoms with van der Waals surface area (Å²) in [6.07, 6.45) is 6.72. The molecule has 3 aliphatic rings. The van der Waals surface area contributed by atoms with Crippen molar-refractivity contribution in [3.05, 3.63) is 70.3 Å². The first-order valence-electron chi connectivity index (χ1n) is 12.8. The molecule has 1 amide bonds. The third-order valence-corrected chi connectivity index (χ3v) is 7.54. The van der Waals surface area contributed by atoms with Gasteiger partial charge in [0.25, 0.3) is 0 Å². The van der Waals surface area contributed by atoms with Crippen LogP contribution in [0.15, 0.2) is 48.0 Å². The summed E-state index contributed by atoms with van der Waals surface area (Å²) >= 11 is 0. The van der Waals surface area contributed by atoms with E-state index in [4.69, 9.17) is 4.74 Å². The number of aryl methyl sites for hydroxylation is 2. The molecule has 0 spiro atoms. The van der Waals surface area contributed by atoms with Crippen LogP contribution in [0, 0.1) is 6.92 Å². The SMILES string of the molecule is Cc1ccc(C2CCN(CC(=O)Nc3ccc4c(c3)CCC(CN3CCOCC3)=C4)CC2)cc1. The maximum absolute atomic E-state index is 12.7. The van der Waals surface area contributed by atoms with Gasteiger partial charge in [-0.25, -0.2) is 0 Å². The number of fused-ring (bicyclic) bond motifs is 1. The number of benzene rings is 2. The summed E-state index contributed by atoms with van der Waals surface area (Å²) < 4.78 is 5.47. The highest BCUT2D eigenvalue weighted by atomic mass is 16.5. The number of hydrogen-bond acceptors (Lipinski definition) is 4. The van der Waals surface area contributed by atoms with E-state index in [0.717, 1.165) is 77.3 Å². The van der Waals surface area contributed by atoms with Crippen molar-refractivity contribution in [2.24, 2.45) is 0 Å². The summed E-state index contributed by atoms with van der Waals surface area (Å²) in [6.45, 7) is 9.35. The molecule has 180 valence electrons. The highest BCUT2D eigenvalue weighted by molar-refractivity contribution is 5.92. The predicted molar refractivity (Wildman–Crippen MR) is 138 cm³/mol. The monoisotopic (exact) mass is 459 g/mol. The minimum atomic E-state index is 0.0908. The second-order valence-corrected chi connectivity index (χ2v) is 10.1. The van der Waals surface area contributed by atoms with Gasteiger partial charge in [-0.05, 0) is 80.4 Å². The van der Waals surface area contributed by atoms with Crippen LogP contribution in [-0.2, 0) is 16.0 Å². The van der Waals surface area contributed by atoms with Crippen molar-refractivity contribution >= 4 is 17.7 Å². The van der Waals surface area contributed by atoms with E-state index in [2.05, 4.69) is 70.6 Å². The standard InChI is InChI=1S/C29H37N3O2/c1-22-2-5-24(6-3-22)25-10-12-31(13-11-25)21-29(33)30-28-9-8-26-18-23(4-7-27(26)19-28)20-32-14-16-34-17-15-32/h2-3,5-6,8-9,18-19,25H,4,7,10-17,20-21H2,1H3,(H,30,33). The Morgan fingerprint density at radius 3 is 2.50 bits per heavy atom. The fraction of sp³-hybridized carbons (Fsp3) is 0.483. The fourth-order valence-electron chi connectivity index (χ4n) is 5.47. The average Bonchev–Trinajstić information content (AvgIpc) is 2.86. The van der Waals surface area contributed by atoms with Crippen molar-refractivity contribution in [2.75, 3.05) is 57.8 Å². The summed E-state index contributed by atoms with van der Waals surface area (Å²) in [6, 6.07) is 15.3. The molecule has 0 aromatic heterocycles. The van der Waals surface area contributed by atoms with Crippen molar-refractivity contribution in [1.82, 2.24) is 9.80 Å². The number of rotatable bonds is 6. The van der Waals surface area contributed by atoms with Crippen molar-refractivity contribution in [2.45, 2.75) is 38.5 Å². The smallest absolute Gasteiger partial charge is 0.238 e. The Morgan fingerprint density at radius 2 is 1.74 bits per heavy atom. The molecular weight excluding hydrogens is 422 g/mol. The van der Waals surface area contributed by atoms with Gasteiger partial charge in [0.2, 0.25) is 5.91 Å². The Kier molecular flexibility index (Phi) is 7.43. The Labute approximate surface area is 203 Å². The quantitative estimate of drug-likeness (QED) is 0.692. The molecule has 2 heterocycles. The van der Waals surface area contributed by atoms with Crippen LogP contribution in [0.3, 0.4) is 0 Å². The van der Waals surface area contributed by atoms with Gasteiger partial charge in [0.1, 0.15) is 0 Å². The number of nitrogens with zero attached hydrogens (tertiary/aromatic N) is 2. The number of carbonyl (C=O) groups is 1. The fourth-order valence-corrected chi connectivity index (χ4v) is 5.47. The normalized spacial score (nSPS) is 20.0. The molecule has 0 radical (unpaired) electrons. The lowest BCUT2D eigenvalue weighted by Crippen LogP contribution is -2.38. The molecule has 1 N–H and O–H groups in total. The maximum Gasteiger partial charge on any atom is 0.238 e. The topological polar surface area (TPSA) is 44.8 Å². The zero-order chi connectivity index (χ0) is 23.3. The highest BCUT2D eigenvalue weighted by Crippen LogP contribution is 2.29.